The van der Waals surface area contributed by atoms with E-state index in [2.05, 4.69) is 41.3 Å². The number of aryl methyl sites for hydroxylation is 1. The molecular weight excluding hydrogens is 394 g/mol. The molecule has 3 rings (SSSR count). The van der Waals surface area contributed by atoms with Gasteiger partial charge in [-0.1, -0.05) is 42.5 Å². The number of likely N-dealkylation sites (N-methyl/N-ethyl adjacent to an activating group) is 1. The van der Waals surface area contributed by atoms with Crippen molar-refractivity contribution in [1.29, 1.82) is 0 Å². The highest BCUT2D eigenvalue weighted by Gasteiger charge is 2.28. The molecule has 1 aromatic heterocycles. The summed E-state index contributed by atoms with van der Waals surface area (Å²) < 4.78 is 8.20. The molecule has 0 aliphatic carbocycles. The van der Waals surface area contributed by atoms with Gasteiger partial charge >= 0.3 is 0 Å². The predicted octanol–water partition coefficient (Wildman–Crippen LogP) is 1.93. The van der Waals surface area contributed by atoms with E-state index in [-0.39, 0.29) is 30.6 Å². The van der Waals surface area contributed by atoms with Gasteiger partial charge in [0.1, 0.15) is 0 Å². The Morgan fingerprint density at radius 2 is 2.10 bits per heavy atom. The van der Waals surface area contributed by atoms with Crippen LogP contribution in [0.5, 0.6) is 0 Å². The highest BCUT2D eigenvalue weighted by atomic mass is 16.5. The average Bonchev–Trinajstić information content (AvgIpc) is 3.21. The number of hydrogen-bond donors (Lipinski definition) is 1. The standard InChI is InChI=1S/C23H35N5O3/c1-18-13-27(19(2)16-29)23(30)10-7-11-28-21(12-24-25-28)17-31-22(18)15-26(3)14-20-8-5-4-6-9-20/h4-6,8-9,12,18-19,22,29H,7,10-11,13-17H2,1-3H3/t18-,19-,22+/m1/s1. The molecule has 1 aromatic carbocycles. The number of nitrogens with zero attached hydrogens (tertiary/aromatic N) is 5. The summed E-state index contributed by atoms with van der Waals surface area (Å²) in [7, 11) is 2.09. The van der Waals surface area contributed by atoms with Gasteiger partial charge in [0.05, 0.1) is 37.3 Å². The van der Waals surface area contributed by atoms with Gasteiger partial charge in [0.15, 0.2) is 0 Å². The van der Waals surface area contributed by atoms with E-state index >= 15 is 0 Å². The molecule has 8 nitrogen and oxygen atoms in total. The highest BCUT2D eigenvalue weighted by Crippen LogP contribution is 2.18. The SMILES string of the molecule is C[C@@H]1CN([C@H](C)CO)C(=O)CCCn2nncc2CO[C@H]1CN(C)Cc1ccccc1. The van der Waals surface area contributed by atoms with Crippen LogP contribution in [0.3, 0.4) is 0 Å². The summed E-state index contributed by atoms with van der Waals surface area (Å²) in [6.07, 6.45) is 2.76. The third-order valence-electron chi connectivity index (χ3n) is 5.93. The molecule has 1 N–H and O–H groups in total. The molecule has 0 bridgehead atoms. The first-order valence-corrected chi connectivity index (χ1v) is 11.1. The largest absolute Gasteiger partial charge is 0.394 e. The van der Waals surface area contributed by atoms with Crippen LogP contribution in [0.1, 0.15) is 37.9 Å². The van der Waals surface area contributed by atoms with Crippen LogP contribution in [0.4, 0.5) is 0 Å². The second-order valence-corrected chi connectivity index (χ2v) is 8.64. The van der Waals surface area contributed by atoms with Crippen LogP contribution in [-0.2, 0) is 29.2 Å². The Hall–Kier alpha value is -2.29. The fourth-order valence-electron chi connectivity index (χ4n) is 4.01. The van der Waals surface area contributed by atoms with E-state index in [0.717, 1.165) is 18.8 Å². The summed E-state index contributed by atoms with van der Waals surface area (Å²) in [6.45, 7) is 7.13. The summed E-state index contributed by atoms with van der Waals surface area (Å²) in [5.74, 6) is 0.159. The number of carbonyl (C=O) groups is 1. The number of aliphatic hydroxyl groups is 1. The van der Waals surface area contributed by atoms with E-state index in [0.29, 0.717) is 32.5 Å². The van der Waals surface area contributed by atoms with Crippen molar-refractivity contribution in [3.8, 4) is 0 Å². The fraction of sp³-hybridized carbons (Fsp3) is 0.609. The zero-order valence-electron chi connectivity index (χ0n) is 18.9. The van der Waals surface area contributed by atoms with Gasteiger partial charge in [0.2, 0.25) is 5.91 Å². The molecule has 1 aliphatic rings. The lowest BCUT2D eigenvalue weighted by atomic mass is 10.0. The molecule has 3 atom stereocenters. The van der Waals surface area contributed by atoms with Gasteiger partial charge in [-0.05, 0) is 26.0 Å². The van der Waals surface area contributed by atoms with Crippen molar-refractivity contribution >= 4 is 5.91 Å². The van der Waals surface area contributed by atoms with Crippen LogP contribution >= 0.6 is 0 Å². The maximum Gasteiger partial charge on any atom is 0.222 e. The summed E-state index contributed by atoms with van der Waals surface area (Å²) >= 11 is 0. The topological polar surface area (TPSA) is 83.7 Å². The van der Waals surface area contributed by atoms with Gasteiger partial charge in [0, 0.05) is 38.5 Å². The second-order valence-electron chi connectivity index (χ2n) is 8.64. The van der Waals surface area contributed by atoms with Crippen LogP contribution in [-0.4, -0.2) is 74.7 Å². The molecule has 0 unspecified atom stereocenters. The summed E-state index contributed by atoms with van der Waals surface area (Å²) in [5.41, 5.74) is 2.18. The van der Waals surface area contributed by atoms with Crippen molar-refractivity contribution in [2.24, 2.45) is 5.92 Å². The van der Waals surface area contributed by atoms with Gasteiger partial charge in [0.25, 0.3) is 0 Å². The lowest BCUT2D eigenvalue weighted by Gasteiger charge is -2.35. The van der Waals surface area contributed by atoms with Gasteiger partial charge < -0.3 is 14.7 Å². The number of carbonyl (C=O) groups excluding carboxylic acids is 1. The minimum Gasteiger partial charge on any atom is -0.394 e. The molecule has 0 fully saturated rings. The lowest BCUT2D eigenvalue weighted by Crippen LogP contribution is -2.47. The number of hydrogen-bond acceptors (Lipinski definition) is 6. The number of rotatable bonds is 6. The highest BCUT2D eigenvalue weighted by molar-refractivity contribution is 5.76. The summed E-state index contributed by atoms with van der Waals surface area (Å²) in [6, 6.07) is 10.1. The molecule has 1 amide bonds. The molecular formula is C23H35N5O3. The zero-order chi connectivity index (χ0) is 22.2. The van der Waals surface area contributed by atoms with Crippen molar-refractivity contribution < 1.29 is 14.6 Å². The van der Waals surface area contributed by atoms with Crippen LogP contribution < -0.4 is 0 Å². The Morgan fingerprint density at radius 1 is 1.32 bits per heavy atom. The Labute approximate surface area is 184 Å². The van der Waals surface area contributed by atoms with E-state index in [9.17, 15) is 9.90 Å². The number of aromatic nitrogens is 3. The van der Waals surface area contributed by atoms with Crippen molar-refractivity contribution in [1.82, 2.24) is 24.8 Å². The molecule has 0 radical (unpaired) electrons. The average molecular weight is 430 g/mol. The predicted molar refractivity (Wildman–Crippen MR) is 118 cm³/mol. The number of amides is 1. The minimum absolute atomic E-state index is 0.0505. The van der Waals surface area contributed by atoms with E-state index in [1.54, 1.807) is 6.20 Å². The normalized spacial score (nSPS) is 22.0. The Kier molecular flexibility index (Phi) is 8.57. The van der Waals surface area contributed by atoms with E-state index < -0.39 is 0 Å². The number of ether oxygens (including phenoxy) is 1. The number of fused-ring (bicyclic) bond motifs is 1. The third kappa shape index (κ3) is 6.59. The molecule has 1 aliphatic heterocycles. The molecule has 0 saturated heterocycles. The Balaban J connectivity index is 1.77. The minimum atomic E-state index is -0.220. The Bertz CT molecular complexity index is 813. The van der Waals surface area contributed by atoms with Gasteiger partial charge in [-0.15, -0.1) is 5.10 Å². The quantitative estimate of drug-likeness (QED) is 0.756. The van der Waals surface area contributed by atoms with Gasteiger partial charge in [-0.25, -0.2) is 4.68 Å². The molecule has 31 heavy (non-hydrogen) atoms. The van der Waals surface area contributed by atoms with Gasteiger partial charge in [-0.3, -0.25) is 9.69 Å². The molecule has 170 valence electrons. The molecule has 2 heterocycles. The van der Waals surface area contributed by atoms with E-state index in [1.807, 2.05) is 34.7 Å². The van der Waals surface area contributed by atoms with Gasteiger partial charge in [-0.2, -0.15) is 0 Å². The zero-order valence-corrected chi connectivity index (χ0v) is 18.9. The maximum absolute atomic E-state index is 12.9. The van der Waals surface area contributed by atoms with Crippen molar-refractivity contribution in [3.05, 3.63) is 47.8 Å². The van der Waals surface area contributed by atoms with E-state index in [1.165, 1.54) is 5.56 Å². The van der Waals surface area contributed by atoms with E-state index in [4.69, 9.17) is 4.74 Å². The van der Waals surface area contributed by atoms with Crippen molar-refractivity contribution in [3.63, 3.8) is 0 Å². The molecule has 0 spiro atoms. The summed E-state index contributed by atoms with van der Waals surface area (Å²) in [4.78, 5) is 17.0. The van der Waals surface area contributed by atoms with Crippen LogP contribution in [0.25, 0.3) is 0 Å². The number of benzene rings is 1. The molecule has 0 saturated carbocycles. The third-order valence-corrected chi connectivity index (χ3v) is 5.93. The Morgan fingerprint density at radius 3 is 2.84 bits per heavy atom. The van der Waals surface area contributed by atoms with Crippen LogP contribution in [0, 0.1) is 5.92 Å². The summed E-state index contributed by atoms with van der Waals surface area (Å²) in [5, 5.41) is 17.9. The monoisotopic (exact) mass is 429 g/mol. The molecule has 2 aromatic rings. The second kappa shape index (κ2) is 11.4. The van der Waals surface area contributed by atoms with Crippen LogP contribution in [0.15, 0.2) is 36.5 Å². The number of aliphatic hydroxyl groups excluding tert-OH is 1. The first kappa shape index (κ1) is 23.4. The first-order valence-electron chi connectivity index (χ1n) is 11.1. The first-order chi connectivity index (χ1) is 15.0. The van der Waals surface area contributed by atoms with Crippen molar-refractivity contribution in [2.75, 3.05) is 26.7 Å². The lowest BCUT2D eigenvalue weighted by molar-refractivity contribution is -0.136. The van der Waals surface area contributed by atoms with Crippen LogP contribution in [0.2, 0.25) is 0 Å². The molecule has 8 heteroatoms. The smallest absolute Gasteiger partial charge is 0.222 e. The maximum atomic E-state index is 12.9. The fourth-order valence-corrected chi connectivity index (χ4v) is 4.01. The van der Waals surface area contributed by atoms with Crippen molar-refractivity contribution in [2.45, 2.75) is 58.5 Å².